The van der Waals surface area contributed by atoms with E-state index in [4.69, 9.17) is 14.3 Å². The van der Waals surface area contributed by atoms with Gasteiger partial charge < -0.3 is 19.7 Å². The molecule has 0 radical (unpaired) electrons. The number of ether oxygens (including phenoxy) is 2. The van der Waals surface area contributed by atoms with Crippen molar-refractivity contribution >= 4 is 43.1 Å². The number of sulfonamides is 1. The minimum atomic E-state index is -3.69. The third-order valence-corrected chi connectivity index (χ3v) is 10.1. The van der Waals surface area contributed by atoms with E-state index in [0.29, 0.717) is 28.7 Å². The molecule has 0 aliphatic rings. The quantitative estimate of drug-likeness (QED) is 0.218. The van der Waals surface area contributed by atoms with Gasteiger partial charge in [-0.25, -0.2) is 22.2 Å². The van der Waals surface area contributed by atoms with Gasteiger partial charge in [0.2, 0.25) is 10.0 Å². The van der Waals surface area contributed by atoms with Crippen molar-refractivity contribution in [2.24, 2.45) is 5.92 Å². The lowest BCUT2D eigenvalue weighted by Gasteiger charge is -2.24. The Labute approximate surface area is 263 Å². The van der Waals surface area contributed by atoms with Gasteiger partial charge in [-0.1, -0.05) is 33.1 Å². The van der Waals surface area contributed by atoms with E-state index in [2.05, 4.69) is 19.2 Å². The van der Waals surface area contributed by atoms with Crippen LogP contribution in [0.1, 0.15) is 70.7 Å². The fourth-order valence-corrected chi connectivity index (χ4v) is 5.99. The van der Waals surface area contributed by atoms with Crippen molar-refractivity contribution in [2.75, 3.05) is 48.9 Å². The molecule has 44 heavy (non-hydrogen) atoms. The number of unbranched alkanes of at least 4 members (excludes halogenated alkanes) is 1. The smallest absolute Gasteiger partial charge is 0.410 e. The number of anilines is 2. The number of nitrogens with zero attached hydrogens (tertiary/aromatic N) is 2. The molecule has 0 aromatic heterocycles. The van der Waals surface area contributed by atoms with E-state index in [9.17, 15) is 22.2 Å². The van der Waals surface area contributed by atoms with Crippen molar-refractivity contribution in [3.05, 3.63) is 48.0 Å². The molecule has 0 heterocycles. The summed E-state index contributed by atoms with van der Waals surface area (Å²) in [5, 5.41) is 2.75. The van der Waals surface area contributed by atoms with Crippen LogP contribution in [0, 0.1) is 10.7 Å². The molecule has 0 bridgehead atoms. The second-order valence-electron chi connectivity index (χ2n) is 12.0. The maximum absolute atomic E-state index is 13.4. The number of amides is 2. The van der Waals surface area contributed by atoms with Crippen LogP contribution in [0.25, 0.3) is 0 Å². The summed E-state index contributed by atoms with van der Waals surface area (Å²) in [6, 6.07) is 10.8. The molecule has 0 fully saturated rings. The van der Waals surface area contributed by atoms with Crippen molar-refractivity contribution in [1.29, 1.82) is 4.78 Å². The van der Waals surface area contributed by atoms with E-state index >= 15 is 0 Å². The van der Waals surface area contributed by atoms with Gasteiger partial charge in [0.25, 0.3) is 5.91 Å². The third-order valence-electron chi connectivity index (χ3n) is 7.02. The number of benzene rings is 2. The van der Waals surface area contributed by atoms with Crippen LogP contribution >= 0.6 is 0 Å². The largest absolute Gasteiger partial charge is 0.492 e. The number of likely N-dealkylation sites (N-methyl/N-ethyl adjacent to an activating group) is 1. The van der Waals surface area contributed by atoms with Gasteiger partial charge in [-0.2, -0.15) is 0 Å². The van der Waals surface area contributed by atoms with Crippen molar-refractivity contribution in [1.82, 2.24) is 4.90 Å². The molecule has 11 nitrogen and oxygen atoms in total. The van der Waals surface area contributed by atoms with Crippen LogP contribution in [0.5, 0.6) is 5.75 Å². The van der Waals surface area contributed by atoms with Crippen LogP contribution in [0.15, 0.2) is 47.4 Å². The van der Waals surface area contributed by atoms with Gasteiger partial charge in [0.05, 0.1) is 33.8 Å². The second-order valence-corrected chi connectivity index (χ2v) is 16.3. The van der Waals surface area contributed by atoms with Gasteiger partial charge in [-0.3, -0.25) is 9.10 Å². The third kappa shape index (κ3) is 11.6. The lowest BCUT2D eigenvalue weighted by molar-refractivity contribution is 0.0278. The molecule has 2 N–H and O–H groups in total. The molecule has 2 atom stereocenters. The maximum Gasteiger partial charge on any atom is 0.410 e. The summed E-state index contributed by atoms with van der Waals surface area (Å²) in [4.78, 5) is 27.4. The molecule has 2 rings (SSSR count). The number of hydrogen-bond acceptors (Lipinski definition) is 8. The number of hydrogen-bond donors (Lipinski definition) is 2. The second kappa shape index (κ2) is 15.6. The molecule has 0 aliphatic heterocycles. The first-order chi connectivity index (χ1) is 20.3. The molecule has 13 heteroatoms. The van der Waals surface area contributed by atoms with Crippen LogP contribution in [-0.4, -0.2) is 74.4 Å². The van der Waals surface area contributed by atoms with Crippen molar-refractivity contribution < 1.29 is 31.7 Å². The molecule has 0 aliphatic carbocycles. The van der Waals surface area contributed by atoms with Crippen LogP contribution in [0.4, 0.5) is 16.2 Å². The van der Waals surface area contributed by atoms with Gasteiger partial charge in [0.15, 0.2) is 0 Å². The minimum Gasteiger partial charge on any atom is -0.492 e. The Morgan fingerprint density at radius 3 is 2.23 bits per heavy atom. The van der Waals surface area contributed by atoms with E-state index in [-0.39, 0.29) is 30.2 Å². The topological polar surface area (TPSA) is 146 Å². The summed E-state index contributed by atoms with van der Waals surface area (Å²) in [5.41, 5.74) is -0.0511. The van der Waals surface area contributed by atoms with Crippen molar-refractivity contribution in [3.63, 3.8) is 0 Å². The van der Waals surface area contributed by atoms with Gasteiger partial charge >= 0.3 is 6.09 Å². The Hall–Kier alpha value is -3.32. The zero-order valence-electron chi connectivity index (χ0n) is 27.1. The van der Waals surface area contributed by atoms with Crippen molar-refractivity contribution in [2.45, 2.75) is 70.8 Å². The van der Waals surface area contributed by atoms with Gasteiger partial charge in [0.1, 0.15) is 18.0 Å². The first kappa shape index (κ1) is 36.9. The first-order valence-electron chi connectivity index (χ1n) is 14.7. The summed E-state index contributed by atoms with van der Waals surface area (Å²) >= 11 is 0. The number of nitrogens with one attached hydrogen (secondary N) is 2. The van der Waals surface area contributed by atoms with Crippen LogP contribution in [0.2, 0.25) is 0 Å². The lowest BCUT2D eigenvalue weighted by atomic mass is 10.0. The van der Waals surface area contributed by atoms with Crippen LogP contribution in [-0.2, 0) is 24.5 Å². The highest BCUT2D eigenvalue weighted by Gasteiger charge is 2.22. The zero-order valence-corrected chi connectivity index (χ0v) is 28.8. The molecule has 2 aromatic rings. The predicted octanol–water partition coefficient (Wildman–Crippen LogP) is 6.20. The highest BCUT2D eigenvalue weighted by atomic mass is 32.2. The SMILES string of the molecule is CC[C@@H](C)CCCCS(=N)(=O)c1ccc(NC(=O)c2cc(OCCN(C)C(=O)OC(C)(C)C)ccc2N(C)S(C)(=O)=O)cc1. The first-order valence-corrected chi connectivity index (χ1v) is 18.2. The fourth-order valence-electron chi connectivity index (χ4n) is 4.05. The summed E-state index contributed by atoms with van der Waals surface area (Å²) in [7, 11) is -3.72. The molecule has 2 amide bonds. The zero-order chi connectivity index (χ0) is 33.3. The summed E-state index contributed by atoms with van der Waals surface area (Å²) < 4.78 is 58.1. The highest BCUT2D eigenvalue weighted by molar-refractivity contribution is 7.92. The predicted molar refractivity (Wildman–Crippen MR) is 176 cm³/mol. The summed E-state index contributed by atoms with van der Waals surface area (Å²) in [6.07, 6.45) is 4.31. The average molecular weight is 653 g/mol. The molecular weight excluding hydrogens is 604 g/mol. The molecule has 0 saturated heterocycles. The fraction of sp³-hybridized carbons (Fsp3) is 0.548. The Bertz CT molecular complexity index is 1490. The van der Waals surface area contributed by atoms with Gasteiger partial charge in [-0.15, -0.1) is 0 Å². The van der Waals surface area contributed by atoms with Gasteiger partial charge in [0, 0.05) is 30.4 Å². The Balaban J connectivity index is 2.17. The Morgan fingerprint density at radius 1 is 1.02 bits per heavy atom. The monoisotopic (exact) mass is 652 g/mol. The summed E-state index contributed by atoms with van der Waals surface area (Å²) in [5.74, 6) is 0.597. The van der Waals surface area contributed by atoms with E-state index in [0.717, 1.165) is 29.8 Å². The highest BCUT2D eigenvalue weighted by Crippen LogP contribution is 2.28. The van der Waals surface area contributed by atoms with E-state index in [1.807, 2.05) is 0 Å². The van der Waals surface area contributed by atoms with Crippen molar-refractivity contribution in [3.8, 4) is 5.75 Å². The van der Waals surface area contributed by atoms with Crippen LogP contribution < -0.4 is 14.4 Å². The van der Waals surface area contributed by atoms with Gasteiger partial charge in [-0.05, 0) is 75.6 Å². The van der Waals surface area contributed by atoms with E-state index in [1.165, 1.54) is 24.1 Å². The molecule has 0 spiro atoms. The molecule has 246 valence electrons. The van der Waals surface area contributed by atoms with Crippen LogP contribution in [0.3, 0.4) is 0 Å². The molecule has 0 saturated carbocycles. The maximum atomic E-state index is 13.4. The lowest BCUT2D eigenvalue weighted by Crippen LogP contribution is -2.36. The standard InChI is InChI=1S/C31H48N4O7S2/c1-9-23(2)12-10-11-21-44(32,40)26-16-13-24(14-17-26)33-29(36)27-22-25(15-18-28(27)35(7)43(8,38)39)41-20-19-34(6)30(37)42-31(3,4)5/h13-18,22-23,32H,9-12,19-21H2,1-8H3,(H,33,36)/t23-,44?/m1/s1. The summed E-state index contributed by atoms with van der Waals surface area (Å²) in [6.45, 7) is 9.96. The minimum absolute atomic E-state index is 0.0468. The average Bonchev–Trinajstić information content (AvgIpc) is 2.93. The molecule has 1 unspecified atom stereocenters. The molecule has 2 aromatic carbocycles. The van der Waals surface area contributed by atoms with E-state index < -0.39 is 37.4 Å². The number of carbonyl (C=O) groups excluding carboxylic acids is 2. The number of carbonyl (C=O) groups is 2. The normalized spacial score (nSPS) is 13.8. The Kier molecular flexibility index (Phi) is 13.1. The molecular formula is C31H48N4O7S2. The Morgan fingerprint density at radius 2 is 1.66 bits per heavy atom. The number of rotatable bonds is 15. The van der Waals surface area contributed by atoms with E-state index in [1.54, 1.807) is 58.2 Å².